The number of para-hydroxylation sites is 1. The van der Waals surface area contributed by atoms with Gasteiger partial charge in [-0.1, -0.05) is 17.4 Å². The van der Waals surface area contributed by atoms with Crippen molar-refractivity contribution < 1.29 is 14.3 Å². The Bertz CT molecular complexity index is 955. The zero-order chi connectivity index (χ0) is 20.8. The van der Waals surface area contributed by atoms with Crippen LogP contribution in [0.2, 0.25) is 0 Å². The number of anilines is 1. The van der Waals surface area contributed by atoms with Crippen LogP contribution in [0.5, 0.6) is 5.75 Å². The van der Waals surface area contributed by atoms with Crippen molar-refractivity contribution in [3.05, 3.63) is 30.9 Å². The molecular weight excluding hydrogens is 404 g/mol. The lowest BCUT2D eigenvalue weighted by atomic mass is 10.3. The predicted molar refractivity (Wildman–Crippen MR) is 115 cm³/mol. The van der Waals surface area contributed by atoms with Gasteiger partial charge < -0.3 is 9.47 Å². The summed E-state index contributed by atoms with van der Waals surface area (Å²) < 4.78 is 13.7. The summed E-state index contributed by atoms with van der Waals surface area (Å²) in [5.74, 6) is 0.689. The van der Waals surface area contributed by atoms with Gasteiger partial charge in [-0.3, -0.25) is 14.6 Å². The third-order valence-electron chi connectivity index (χ3n) is 4.93. The van der Waals surface area contributed by atoms with E-state index >= 15 is 0 Å². The predicted octanol–water partition coefficient (Wildman–Crippen LogP) is 2.04. The molecule has 1 aliphatic rings. The number of fused-ring (bicyclic) bond motifs is 1. The fourth-order valence-electron chi connectivity index (χ4n) is 3.44. The lowest BCUT2D eigenvalue weighted by molar-refractivity contribution is -0.119. The van der Waals surface area contributed by atoms with Crippen LogP contribution in [0.15, 0.2) is 30.9 Å². The molecule has 0 aliphatic carbocycles. The molecule has 9 nitrogen and oxygen atoms in total. The van der Waals surface area contributed by atoms with E-state index in [-0.39, 0.29) is 12.5 Å². The fraction of sp³-hybridized carbons (Fsp3) is 0.500. The van der Waals surface area contributed by atoms with Crippen LogP contribution >= 0.6 is 11.3 Å². The van der Waals surface area contributed by atoms with E-state index in [1.807, 2.05) is 25.1 Å². The molecule has 3 aromatic rings. The maximum absolute atomic E-state index is 13.1. The van der Waals surface area contributed by atoms with Crippen molar-refractivity contribution in [2.45, 2.75) is 19.9 Å². The van der Waals surface area contributed by atoms with Crippen molar-refractivity contribution in [2.24, 2.45) is 0 Å². The quantitative estimate of drug-likeness (QED) is 0.513. The average molecular weight is 431 g/mol. The highest BCUT2D eigenvalue weighted by atomic mass is 32.1. The number of nitrogens with zero attached hydrogens (tertiary/aromatic N) is 6. The van der Waals surface area contributed by atoms with Crippen LogP contribution in [-0.2, 0) is 16.1 Å². The van der Waals surface area contributed by atoms with Gasteiger partial charge in [0.1, 0.15) is 30.5 Å². The molecule has 0 radical (unpaired) electrons. The minimum absolute atomic E-state index is 0.0560. The summed E-state index contributed by atoms with van der Waals surface area (Å²) in [7, 11) is 0. The van der Waals surface area contributed by atoms with Crippen LogP contribution in [0, 0.1) is 0 Å². The SMILES string of the molecule is CCOc1cccc2sc(N(CCCN3CCOCC3)C(=O)Cn3cncn3)nc12. The standard InChI is InChI=1S/C20H26N6O3S/c1-2-29-16-5-3-6-17-19(16)23-20(30-17)26(18(27)13-25-15-21-14-22-25)8-4-7-24-9-11-28-12-10-24/h3,5-6,14-15H,2,4,7-13H2,1H3. The molecule has 4 rings (SSSR count). The molecule has 0 N–H and O–H groups in total. The summed E-state index contributed by atoms with van der Waals surface area (Å²) >= 11 is 1.51. The second-order valence-corrected chi connectivity index (χ2v) is 7.99. The van der Waals surface area contributed by atoms with Gasteiger partial charge in [0.25, 0.3) is 5.91 Å². The molecule has 1 aliphatic heterocycles. The number of rotatable bonds is 9. The number of amides is 1. The van der Waals surface area contributed by atoms with Gasteiger partial charge in [0.15, 0.2) is 5.13 Å². The normalized spacial score (nSPS) is 14.8. The summed E-state index contributed by atoms with van der Waals surface area (Å²) in [6, 6.07) is 5.87. The maximum Gasteiger partial charge on any atom is 0.250 e. The van der Waals surface area contributed by atoms with Crippen molar-refractivity contribution >= 4 is 32.6 Å². The minimum Gasteiger partial charge on any atom is -0.492 e. The number of aromatic nitrogens is 4. The lowest BCUT2D eigenvalue weighted by Gasteiger charge is -2.27. The number of hydrogen-bond donors (Lipinski definition) is 0. The molecule has 10 heteroatoms. The highest BCUT2D eigenvalue weighted by Gasteiger charge is 2.22. The smallest absolute Gasteiger partial charge is 0.250 e. The molecule has 0 unspecified atom stereocenters. The first kappa shape index (κ1) is 20.7. The van der Waals surface area contributed by atoms with Gasteiger partial charge in [-0.25, -0.2) is 14.6 Å². The Morgan fingerprint density at radius 1 is 1.33 bits per heavy atom. The van der Waals surface area contributed by atoms with Crippen molar-refractivity contribution in [3.63, 3.8) is 0 Å². The van der Waals surface area contributed by atoms with Crippen LogP contribution in [0.3, 0.4) is 0 Å². The maximum atomic E-state index is 13.1. The highest BCUT2D eigenvalue weighted by Crippen LogP contribution is 2.34. The largest absolute Gasteiger partial charge is 0.492 e. The van der Waals surface area contributed by atoms with Crippen LogP contribution in [0.25, 0.3) is 10.2 Å². The second-order valence-electron chi connectivity index (χ2n) is 6.98. The molecule has 160 valence electrons. The Balaban J connectivity index is 1.53. The summed E-state index contributed by atoms with van der Waals surface area (Å²) in [4.78, 5) is 26.0. The Hall–Kier alpha value is -2.56. The third-order valence-corrected chi connectivity index (χ3v) is 5.97. The molecule has 0 saturated carbocycles. The van der Waals surface area contributed by atoms with E-state index < -0.39 is 0 Å². The monoisotopic (exact) mass is 430 g/mol. The molecule has 1 saturated heterocycles. The first-order valence-electron chi connectivity index (χ1n) is 10.2. The zero-order valence-corrected chi connectivity index (χ0v) is 17.9. The highest BCUT2D eigenvalue weighted by molar-refractivity contribution is 7.22. The van der Waals surface area contributed by atoms with Gasteiger partial charge in [-0.05, 0) is 25.5 Å². The van der Waals surface area contributed by atoms with E-state index in [1.54, 1.807) is 11.2 Å². The lowest BCUT2D eigenvalue weighted by Crippen LogP contribution is -2.40. The van der Waals surface area contributed by atoms with Gasteiger partial charge in [0.2, 0.25) is 0 Å². The number of carbonyl (C=O) groups is 1. The number of carbonyl (C=O) groups excluding carboxylic acids is 1. The molecule has 0 atom stereocenters. The van der Waals surface area contributed by atoms with Crippen LogP contribution in [0.1, 0.15) is 13.3 Å². The first-order chi connectivity index (χ1) is 14.7. The Morgan fingerprint density at radius 2 is 2.20 bits per heavy atom. The summed E-state index contributed by atoms with van der Waals surface area (Å²) in [6.07, 6.45) is 3.84. The Morgan fingerprint density at radius 3 is 2.97 bits per heavy atom. The summed E-state index contributed by atoms with van der Waals surface area (Å²) in [5, 5.41) is 4.75. The Kier molecular flexibility index (Phi) is 6.88. The molecule has 1 aromatic carbocycles. The molecule has 2 aromatic heterocycles. The van der Waals surface area contributed by atoms with Gasteiger partial charge in [0, 0.05) is 26.2 Å². The molecule has 0 spiro atoms. The first-order valence-corrected chi connectivity index (χ1v) is 11.0. The van der Waals surface area contributed by atoms with E-state index in [4.69, 9.17) is 14.5 Å². The van der Waals surface area contributed by atoms with Crippen molar-refractivity contribution in [2.75, 3.05) is 50.9 Å². The molecule has 1 fully saturated rings. The molecular formula is C20H26N6O3S. The fourth-order valence-corrected chi connectivity index (χ4v) is 4.47. The number of ether oxygens (including phenoxy) is 2. The van der Waals surface area contributed by atoms with Crippen molar-refractivity contribution in [1.82, 2.24) is 24.6 Å². The van der Waals surface area contributed by atoms with E-state index in [1.165, 1.54) is 22.3 Å². The number of hydrogen-bond acceptors (Lipinski definition) is 8. The molecule has 3 heterocycles. The van der Waals surface area contributed by atoms with Crippen LogP contribution in [0.4, 0.5) is 5.13 Å². The van der Waals surface area contributed by atoms with Crippen LogP contribution < -0.4 is 9.64 Å². The second kappa shape index (κ2) is 9.96. The van der Waals surface area contributed by atoms with E-state index in [0.29, 0.717) is 18.3 Å². The van der Waals surface area contributed by atoms with Gasteiger partial charge >= 0.3 is 0 Å². The number of benzene rings is 1. The summed E-state index contributed by atoms with van der Waals surface area (Å²) in [6.45, 7) is 7.58. The Labute approximate surface area is 179 Å². The third kappa shape index (κ3) is 4.94. The summed E-state index contributed by atoms with van der Waals surface area (Å²) in [5.41, 5.74) is 0.797. The van der Waals surface area contributed by atoms with E-state index in [9.17, 15) is 4.79 Å². The average Bonchev–Trinajstić information content (AvgIpc) is 3.42. The molecule has 30 heavy (non-hydrogen) atoms. The van der Waals surface area contributed by atoms with Gasteiger partial charge in [-0.2, -0.15) is 5.10 Å². The van der Waals surface area contributed by atoms with Crippen molar-refractivity contribution in [1.29, 1.82) is 0 Å². The number of morpholine rings is 1. The van der Waals surface area contributed by atoms with E-state index in [0.717, 1.165) is 55.2 Å². The van der Waals surface area contributed by atoms with Gasteiger partial charge in [0.05, 0.1) is 24.5 Å². The molecule has 0 bridgehead atoms. The van der Waals surface area contributed by atoms with Gasteiger partial charge in [-0.15, -0.1) is 0 Å². The molecule has 1 amide bonds. The van der Waals surface area contributed by atoms with Crippen LogP contribution in [-0.4, -0.2) is 76.6 Å². The van der Waals surface area contributed by atoms with Crippen molar-refractivity contribution in [3.8, 4) is 5.75 Å². The number of thiazole rings is 1. The topological polar surface area (TPSA) is 85.6 Å². The minimum atomic E-state index is -0.0560. The zero-order valence-electron chi connectivity index (χ0n) is 17.1. The van der Waals surface area contributed by atoms with E-state index in [2.05, 4.69) is 15.0 Å².